The zero-order valence-electron chi connectivity index (χ0n) is 12.6. The number of oxime groups is 1. The van der Waals surface area contributed by atoms with E-state index in [1.54, 1.807) is 0 Å². The predicted molar refractivity (Wildman–Crippen MR) is 76.3 cm³/mol. The van der Waals surface area contributed by atoms with Crippen molar-refractivity contribution in [1.82, 2.24) is 4.90 Å². The van der Waals surface area contributed by atoms with Crippen molar-refractivity contribution in [3.05, 3.63) is 0 Å². The number of hydrogen-bond donors (Lipinski definition) is 1. The van der Waals surface area contributed by atoms with E-state index in [2.05, 4.69) is 12.1 Å². The van der Waals surface area contributed by atoms with Gasteiger partial charge in [-0.2, -0.15) is 0 Å². The predicted octanol–water partition coefficient (Wildman–Crippen LogP) is 1.82. The highest BCUT2D eigenvalue weighted by molar-refractivity contribution is 5.78. The van der Waals surface area contributed by atoms with E-state index in [9.17, 15) is 8.78 Å². The van der Waals surface area contributed by atoms with E-state index in [-0.39, 0.29) is 24.9 Å². The first-order chi connectivity index (χ1) is 10.0. The van der Waals surface area contributed by atoms with Gasteiger partial charge in [0.05, 0.1) is 0 Å². The Morgan fingerprint density at radius 1 is 1.43 bits per heavy atom. The Kier molecular flexibility index (Phi) is 5.75. The van der Waals surface area contributed by atoms with Crippen LogP contribution in [0.2, 0.25) is 0 Å². The number of nitrogens with zero attached hydrogens (tertiary/aromatic N) is 2. The molecule has 2 rings (SSSR count). The van der Waals surface area contributed by atoms with Gasteiger partial charge in [0.15, 0.2) is 6.61 Å². The fourth-order valence-corrected chi connectivity index (χ4v) is 2.73. The molecule has 122 valence electrons. The quantitative estimate of drug-likeness (QED) is 0.813. The summed E-state index contributed by atoms with van der Waals surface area (Å²) in [6, 6.07) is 0. The zero-order chi connectivity index (χ0) is 15.3. The minimum Gasteiger partial charge on any atom is -0.470 e. The molecule has 0 radical (unpaired) electrons. The van der Waals surface area contributed by atoms with Crippen LogP contribution in [0.3, 0.4) is 0 Å². The van der Waals surface area contributed by atoms with Gasteiger partial charge in [-0.3, -0.25) is 4.90 Å². The average molecular weight is 305 g/mol. The second-order valence-electron chi connectivity index (χ2n) is 5.80. The summed E-state index contributed by atoms with van der Waals surface area (Å²) >= 11 is 0. The molecule has 0 aromatic heterocycles. The maximum Gasteiger partial charge on any atom is 0.250 e. The van der Waals surface area contributed by atoms with Gasteiger partial charge in [-0.1, -0.05) is 12.1 Å². The van der Waals surface area contributed by atoms with Crippen LogP contribution in [0, 0.1) is 5.92 Å². The van der Waals surface area contributed by atoms with Crippen LogP contribution in [0.5, 0.6) is 0 Å². The monoisotopic (exact) mass is 305 g/mol. The topological polar surface area (TPSA) is 60.1 Å². The lowest BCUT2D eigenvalue weighted by atomic mass is 10.0. The lowest BCUT2D eigenvalue weighted by Gasteiger charge is -2.35. The summed E-state index contributed by atoms with van der Waals surface area (Å²) in [5, 5.41) is 3.99. The van der Waals surface area contributed by atoms with E-state index >= 15 is 0 Å². The van der Waals surface area contributed by atoms with Gasteiger partial charge in [-0.05, 0) is 19.4 Å². The van der Waals surface area contributed by atoms with E-state index < -0.39 is 5.92 Å². The Labute approximate surface area is 124 Å². The number of nitrogens with two attached hydrogens (primary N) is 1. The summed E-state index contributed by atoms with van der Waals surface area (Å²) < 4.78 is 32.2. The van der Waals surface area contributed by atoms with E-state index in [0.717, 1.165) is 12.8 Å². The molecule has 0 aromatic rings. The number of halogens is 2. The Hall–Kier alpha value is -0.950. The number of piperidine rings is 1. The molecule has 2 heterocycles. The number of alkyl halides is 2. The van der Waals surface area contributed by atoms with Crippen LogP contribution in [0.4, 0.5) is 8.78 Å². The van der Waals surface area contributed by atoms with Gasteiger partial charge in [0, 0.05) is 38.4 Å². The molecular formula is C14H25F2N3O2. The van der Waals surface area contributed by atoms with Gasteiger partial charge >= 0.3 is 0 Å². The third-order valence-electron chi connectivity index (χ3n) is 4.11. The van der Waals surface area contributed by atoms with Crippen molar-refractivity contribution < 1.29 is 18.4 Å². The Morgan fingerprint density at radius 3 is 2.76 bits per heavy atom. The van der Waals surface area contributed by atoms with Crippen molar-refractivity contribution in [2.45, 2.75) is 44.6 Å². The molecule has 7 heteroatoms. The van der Waals surface area contributed by atoms with Crippen LogP contribution in [0.1, 0.15) is 32.6 Å². The molecule has 2 unspecified atom stereocenters. The van der Waals surface area contributed by atoms with Gasteiger partial charge < -0.3 is 15.3 Å². The number of likely N-dealkylation sites (tertiary alicyclic amines) is 1. The van der Waals surface area contributed by atoms with Crippen LogP contribution in [-0.4, -0.2) is 55.6 Å². The Morgan fingerprint density at radius 2 is 2.14 bits per heavy atom. The van der Waals surface area contributed by atoms with E-state index in [0.29, 0.717) is 38.7 Å². The van der Waals surface area contributed by atoms with Crippen LogP contribution >= 0.6 is 0 Å². The van der Waals surface area contributed by atoms with E-state index in [1.807, 2.05) is 4.90 Å². The van der Waals surface area contributed by atoms with Crippen molar-refractivity contribution in [3.63, 3.8) is 0 Å². The van der Waals surface area contributed by atoms with Crippen molar-refractivity contribution in [2.24, 2.45) is 16.8 Å². The molecule has 0 amide bonds. The molecule has 0 spiro atoms. The van der Waals surface area contributed by atoms with Crippen LogP contribution < -0.4 is 5.73 Å². The molecular weight excluding hydrogens is 280 g/mol. The summed E-state index contributed by atoms with van der Waals surface area (Å²) in [4.78, 5) is 7.27. The fraction of sp³-hybridized carbons (Fsp3) is 0.929. The van der Waals surface area contributed by atoms with E-state index in [1.165, 1.54) is 0 Å². The third-order valence-corrected chi connectivity index (χ3v) is 4.11. The molecule has 0 bridgehead atoms. The second kappa shape index (κ2) is 7.35. The Balaban J connectivity index is 1.82. The summed E-state index contributed by atoms with van der Waals surface area (Å²) in [5.41, 5.74) is 5.59. The molecule has 1 fully saturated rings. The zero-order valence-corrected chi connectivity index (χ0v) is 12.6. The normalized spacial score (nSPS) is 27.4. The van der Waals surface area contributed by atoms with Crippen molar-refractivity contribution in [3.8, 4) is 0 Å². The lowest BCUT2D eigenvalue weighted by Crippen LogP contribution is -2.46. The van der Waals surface area contributed by atoms with Crippen molar-refractivity contribution >= 4 is 5.90 Å². The van der Waals surface area contributed by atoms with Crippen LogP contribution in [0.25, 0.3) is 0 Å². The molecule has 1 saturated heterocycles. The molecule has 2 N–H and O–H groups in total. The summed E-state index contributed by atoms with van der Waals surface area (Å²) in [5.74, 6) is -1.74. The number of rotatable bonds is 6. The maximum atomic E-state index is 13.1. The third kappa shape index (κ3) is 4.78. The van der Waals surface area contributed by atoms with Crippen molar-refractivity contribution in [1.29, 1.82) is 0 Å². The Bertz CT molecular complexity index is 356. The molecule has 2 atom stereocenters. The van der Waals surface area contributed by atoms with E-state index in [4.69, 9.17) is 15.3 Å². The molecule has 0 aromatic carbocycles. The molecule has 2 aliphatic heterocycles. The molecule has 5 nitrogen and oxygen atoms in total. The van der Waals surface area contributed by atoms with Crippen LogP contribution in [-0.2, 0) is 9.57 Å². The second-order valence-corrected chi connectivity index (χ2v) is 5.80. The minimum absolute atomic E-state index is 0.0771. The van der Waals surface area contributed by atoms with Gasteiger partial charge in [-0.25, -0.2) is 8.78 Å². The first kappa shape index (κ1) is 16.4. The SMILES string of the molecule is CCC(CCN)C1=NOCC(CN2CCC(F)(F)CC2)O1. The minimum atomic E-state index is -2.51. The largest absolute Gasteiger partial charge is 0.470 e. The highest BCUT2D eigenvalue weighted by Crippen LogP contribution is 2.28. The van der Waals surface area contributed by atoms with Gasteiger partial charge in [0.25, 0.3) is 5.92 Å². The lowest BCUT2D eigenvalue weighted by molar-refractivity contribution is -0.0697. The van der Waals surface area contributed by atoms with Crippen LogP contribution in [0.15, 0.2) is 5.16 Å². The van der Waals surface area contributed by atoms with Gasteiger partial charge in [0.1, 0.15) is 6.10 Å². The molecule has 21 heavy (non-hydrogen) atoms. The highest BCUT2D eigenvalue weighted by atomic mass is 19.3. The van der Waals surface area contributed by atoms with Crippen molar-refractivity contribution in [2.75, 3.05) is 32.8 Å². The average Bonchev–Trinajstić information content (AvgIpc) is 2.47. The summed E-state index contributed by atoms with van der Waals surface area (Å²) in [6.07, 6.45) is 1.40. The summed E-state index contributed by atoms with van der Waals surface area (Å²) in [6.45, 7) is 4.41. The maximum absolute atomic E-state index is 13.1. The number of hydrogen-bond acceptors (Lipinski definition) is 5. The number of ether oxygens (including phenoxy) is 1. The molecule has 0 saturated carbocycles. The standard InChI is InChI=1S/C14H25F2N3O2/c1-2-11(3-6-17)13-18-20-10-12(21-13)9-19-7-4-14(15,16)5-8-19/h11-12H,2-10,17H2,1H3. The first-order valence-electron chi connectivity index (χ1n) is 7.71. The highest BCUT2D eigenvalue weighted by Gasteiger charge is 2.35. The van der Waals surface area contributed by atoms with Gasteiger partial charge in [0.2, 0.25) is 5.90 Å². The molecule has 0 aliphatic carbocycles. The first-order valence-corrected chi connectivity index (χ1v) is 7.71. The van der Waals surface area contributed by atoms with Gasteiger partial charge in [-0.15, -0.1) is 0 Å². The fourth-order valence-electron chi connectivity index (χ4n) is 2.73. The smallest absolute Gasteiger partial charge is 0.250 e. The summed E-state index contributed by atoms with van der Waals surface area (Å²) in [7, 11) is 0. The molecule has 2 aliphatic rings.